The van der Waals surface area contributed by atoms with Gasteiger partial charge >= 0.3 is 0 Å². The number of carbonyl (C=O) groups excluding carboxylic acids is 1. The van der Waals surface area contributed by atoms with E-state index in [1.807, 2.05) is 12.1 Å². The van der Waals surface area contributed by atoms with Crippen LogP contribution >= 0.6 is 15.9 Å². The molecule has 1 aromatic carbocycles. The molecule has 108 valence electrons. The van der Waals surface area contributed by atoms with Crippen LogP contribution in [-0.4, -0.2) is 23.4 Å². The van der Waals surface area contributed by atoms with Crippen molar-refractivity contribution in [2.75, 3.05) is 7.11 Å². The van der Waals surface area contributed by atoms with E-state index in [-0.39, 0.29) is 17.7 Å². The molecule has 0 saturated heterocycles. The highest BCUT2D eigenvalue weighted by atomic mass is 79.9. The maximum atomic E-state index is 10.8. The van der Waals surface area contributed by atoms with Gasteiger partial charge in [0.25, 0.3) is 0 Å². The number of methoxy groups -OCH3 is 1. The molecule has 0 N–H and O–H groups in total. The summed E-state index contributed by atoms with van der Waals surface area (Å²) >= 11 is 3.56. The van der Waals surface area contributed by atoms with Crippen molar-refractivity contribution in [1.82, 2.24) is 9.97 Å². The number of benzene rings is 1. The second kappa shape index (κ2) is 5.81. The van der Waals surface area contributed by atoms with Crippen molar-refractivity contribution >= 4 is 22.2 Å². The Kier molecular flexibility index (Phi) is 3.88. The van der Waals surface area contributed by atoms with Crippen LogP contribution in [-0.2, 0) is 6.42 Å². The van der Waals surface area contributed by atoms with E-state index in [1.165, 1.54) is 18.9 Å². The van der Waals surface area contributed by atoms with Crippen LogP contribution in [0.2, 0.25) is 0 Å². The Morgan fingerprint density at radius 3 is 3.05 bits per heavy atom. The lowest BCUT2D eigenvalue weighted by molar-refractivity contribution is 0.111. The van der Waals surface area contributed by atoms with Gasteiger partial charge in [0.1, 0.15) is 6.10 Å². The zero-order chi connectivity index (χ0) is 14.8. The maximum absolute atomic E-state index is 10.8. The minimum atomic E-state index is -0.0569. The molecule has 0 bridgehead atoms. The van der Waals surface area contributed by atoms with Gasteiger partial charge < -0.3 is 9.47 Å². The monoisotopic (exact) mass is 348 g/mol. The second-order valence-electron chi connectivity index (χ2n) is 4.67. The Morgan fingerprint density at radius 1 is 1.43 bits per heavy atom. The molecule has 0 fully saturated rings. The lowest BCUT2D eigenvalue weighted by Gasteiger charge is -2.14. The standard InChI is InChI=1S/C15H13BrN2O3/c1-20-15-12(8-19)17-7-14(18-15)21-13-6-5-9-10(13)3-2-4-11(9)16/h2-4,7-8,13H,5-6H2,1H3/t13-/m0/s1. The summed E-state index contributed by atoms with van der Waals surface area (Å²) in [5, 5.41) is 0. The average molecular weight is 349 g/mol. The SMILES string of the molecule is COc1nc(O[C@H]2CCc3c(Br)cccc32)cnc1C=O. The number of carbonyl (C=O) groups is 1. The van der Waals surface area contributed by atoms with Gasteiger partial charge in [0, 0.05) is 4.47 Å². The Balaban J connectivity index is 1.86. The molecule has 1 aliphatic rings. The van der Waals surface area contributed by atoms with Gasteiger partial charge in [-0.2, -0.15) is 4.98 Å². The lowest BCUT2D eigenvalue weighted by atomic mass is 10.1. The normalized spacial score (nSPS) is 16.4. The molecule has 0 spiro atoms. The molecule has 5 nitrogen and oxygen atoms in total. The van der Waals surface area contributed by atoms with Crippen LogP contribution in [0.1, 0.15) is 34.1 Å². The minimum absolute atomic E-state index is 0.0569. The van der Waals surface area contributed by atoms with Gasteiger partial charge in [-0.1, -0.05) is 28.1 Å². The first kappa shape index (κ1) is 14.0. The molecule has 1 aromatic heterocycles. The summed E-state index contributed by atoms with van der Waals surface area (Å²) in [4.78, 5) is 19.0. The molecule has 2 aromatic rings. The number of ether oxygens (including phenoxy) is 2. The molecule has 0 amide bonds. The molecule has 0 radical (unpaired) electrons. The lowest BCUT2D eigenvalue weighted by Crippen LogP contribution is -2.07. The topological polar surface area (TPSA) is 61.3 Å². The molecular formula is C15H13BrN2O3. The van der Waals surface area contributed by atoms with E-state index in [9.17, 15) is 4.79 Å². The van der Waals surface area contributed by atoms with E-state index in [4.69, 9.17) is 9.47 Å². The van der Waals surface area contributed by atoms with Crippen molar-refractivity contribution in [3.63, 3.8) is 0 Å². The molecule has 1 aliphatic carbocycles. The van der Waals surface area contributed by atoms with Crippen molar-refractivity contribution in [3.05, 3.63) is 45.7 Å². The summed E-state index contributed by atoms with van der Waals surface area (Å²) in [6.07, 6.45) is 3.84. The van der Waals surface area contributed by atoms with Crippen molar-refractivity contribution in [2.45, 2.75) is 18.9 Å². The fourth-order valence-corrected chi connectivity index (χ4v) is 3.07. The van der Waals surface area contributed by atoms with Crippen LogP contribution in [0.5, 0.6) is 11.8 Å². The zero-order valence-corrected chi connectivity index (χ0v) is 13.0. The number of halogens is 1. The molecule has 21 heavy (non-hydrogen) atoms. The highest BCUT2D eigenvalue weighted by Crippen LogP contribution is 2.38. The van der Waals surface area contributed by atoms with Gasteiger partial charge in [0.15, 0.2) is 12.0 Å². The molecule has 3 rings (SSSR count). The van der Waals surface area contributed by atoms with E-state index in [0.717, 1.165) is 22.9 Å². The van der Waals surface area contributed by atoms with E-state index in [2.05, 4.69) is 32.0 Å². The van der Waals surface area contributed by atoms with Gasteiger partial charge in [-0.25, -0.2) is 4.98 Å². The first-order valence-electron chi connectivity index (χ1n) is 6.53. The number of hydrogen-bond donors (Lipinski definition) is 0. The number of hydrogen-bond acceptors (Lipinski definition) is 5. The van der Waals surface area contributed by atoms with Crippen LogP contribution in [0.3, 0.4) is 0 Å². The number of fused-ring (bicyclic) bond motifs is 1. The third-order valence-electron chi connectivity index (χ3n) is 3.47. The Labute approximate surface area is 130 Å². The molecule has 1 heterocycles. The minimum Gasteiger partial charge on any atom is -0.479 e. The van der Waals surface area contributed by atoms with Gasteiger partial charge in [0.05, 0.1) is 13.3 Å². The van der Waals surface area contributed by atoms with E-state index in [0.29, 0.717) is 12.2 Å². The summed E-state index contributed by atoms with van der Waals surface area (Å²) in [7, 11) is 1.45. The van der Waals surface area contributed by atoms with Crippen molar-refractivity contribution in [2.24, 2.45) is 0 Å². The van der Waals surface area contributed by atoms with E-state index in [1.54, 1.807) is 0 Å². The quantitative estimate of drug-likeness (QED) is 0.794. The highest BCUT2D eigenvalue weighted by molar-refractivity contribution is 9.10. The van der Waals surface area contributed by atoms with Crippen LogP contribution in [0.15, 0.2) is 28.9 Å². The molecule has 6 heteroatoms. The molecular weight excluding hydrogens is 336 g/mol. The first-order chi connectivity index (χ1) is 10.2. The van der Waals surface area contributed by atoms with Crippen molar-refractivity contribution < 1.29 is 14.3 Å². The van der Waals surface area contributed by atoms with Gasteiger partial charge in [-0.05, 0) is 30.0 Å². The summed E-state index contributed by atoms with van der Waals surface area (Å²) in [6.45, 7) is 0. The Hall–Kier alpha value is -1.95. The van der Waals surface area contributed by atoms with Gasteiger partial charge in [-0.3, -0.25) is 4.79 Å². The number of aldehydes is 1. The average Bonchev–Trinajstić information content (AvgIpc) is 2.92. The van der Waals surface area contributed by atoms with E-state index < -0.39 is 0 Å². The number of aromatic nitrogens is 2. The van der Waals surface area contributed by atoms with Crippen LogP contribution in [0.4, 0.5) is 0 Å². The van der Waals surface area contributed by atoms with Gasteiger partial charge in [-0.15, -0.1) is 0 Å². The fourth-order valence-electron chi connectivity index (χ4n) is 2.49. The third kappa shape index (κ3) is 2.63. The summed E-state index contributed by atoms with van der Waals surface area (Å²) in [5.41, 5.74) is 2.59. The molecule has 0 aliphatic heterocycles. The van der Waals surface area contributed by atoms with Crippen molar-refractivity contribution in [1.29, 1.82) is 0 Å². The third-order valence-corrected chi connectivity index (χ3v) is 4.21. The Morgan fingerprint density at radius 2 is 2.29 bits per heavy atom. The van der Waals surface area contributed by atoms with Crippen molar-refractivity contribution in [3.8, 4) is 11.8 Å². The molecule has 0 saturated carbocycles. The number of nitrogens with zero attached hydrogens (tertiary/aromatic N) is 2. The highest BCUT2D eigenvalue weighted by Gasteiger charge is 2.26. The predicted molar refractivity (Wildman–Crippen MR) is 79.8 cm³/mol. The van der Waals surface area contributed by atoms with E-state index >= 15 is 0 Å². The largest absolute Gasteiger partial charge is 0.479 e. The molecule has 1 atom stereocenters. The summed E-state index contributed by atoms with van der Waals surface area (Å²) in [6, 6.07) is 6.08. The first-order valence-corrected chi connectivity index (χ1v) is 7.32. The summed E-state index contributed by atoms with van der Waals surface area (Å²) in [5.74, 6) is 0.533. The summed E-state index contributed by atoms with van der Waals surface area (Å²) < 4.78 is 12.0. The van der Waals surface area contributed by atoms with Crippen LogP contribution < -0.4 is 9.47 Å². The smallest absolute Gasteiger partial charge is 0.246 e. The zero-order valence-electron chi connectivity index (χ0n) is 11.4. The van der Waals surface area contributed by atoms with Crippen LogP contribution in [0.25, 0.3) is 0 Å². The fraction of sp³-hybridized carbons (Fsp3) is 0.267. The Bertz CT molecular complexity index is 691. The van der Waals surface area contributed by atoms with Gasteiger partial charge in [0.2, 0.25) is 11.8 Å². The predicted octanol–water partition coefficient (Wildman–Crippen LogP) is 3.13. The second-order valence-corrected chi connectivity index (χ2v) is 5.53. The van der Waals surface area contributed by atoms with Crippen LogP contribution in [0, 0.1) is 0 Å². The maximum Gasteiger partial charge on any atom is 0.246 e. The number of rotatable bonds is 4. The molecule has 0 unspecified atom stereocenters.